The Morgan fingerprint density at radius 2 is 1.28 bits per heavy atom. The maximum absolute atomic E-state index is 12.5. The number of hydrogen-bond donors (Lipinski definition) is 5. The van der Waals surface area contributed by atoms with Gasteiger partial charge in [-0.3, -0.25) is 14.4 Å². The Labute approximate surface area is 302 Å². The first-order valence-electron chi connectivity index (χ1n) is 12.6. The SMILES string of the molecule is NC(=O)NC(C(=O)S)c1ccccc1.O=C(O)Cc1cccc(I)c1.O=C(O)c1c(Cl)c(Cl)c(Cl)c(Cl)c1C(=O)c1ccccc1. The number of thiol groups is 1. The van der Waals surface area contributed by atoms with Gasteiger partial charge in [0.25, 0.3) is 0 Å². The molecule has 0 saturated carbocycles. The number of carboxylic acid groups (broad SMARTS) is 2. The van der Waals surface area contributed by atoms with Crippen molar-refractivity contribution in [2.45, 2.75) is 12.5 Å². The largest absolute Gasteiger partial charge is 0.481 e. The number of nitrogens with one attached hydrogen (secondary N) is 1. The second-order valence-electron chi connectivity index (χ2n) is 8.90. The van der Waals surface area contributed by atoms with E-state index in [0.717, 1.165) is 9.13 Å². The third-order valence-corrected chi connectivity index (χ3v) is 8.39. The van der Waals surface area contributed by atoms with Gasteiger partial charge in [0.2, 0.25) is 5.12 Å². The molecule has 0 aliphatic rings. The van der Waals surface area contributed by atoms with Crippen molar-refractivity contribution in [3.63, 3.8) is 0 Å². The van der Waals surface area contributed by atoms with Crippen molar-refractivity contribution >= 4 is 110 Å². The number of rotatable bonds is 8. The van der Waals surface area contributed by atoms with Gasteiger partial charge in [0.1, 0.15) is 6.04 Å². The highest BCUT2D eigenvalue weighted by atomic mass is 127. The summed E-state index contributed by atoms with van der Waals surface area (Å²) in [7, 11) is 0. The Bertz CT molecular complexity index is 1750. The van der Waals surface area contributed by atoms with Gasteiger partial charge in [-0.15, -0.1) is 12.6 Å². The second-order valence-corrected chi connectivity index (χ2v) is 12.1. The molecule has 1 unspecified atom stereocenters. The number of carbonyl (C=O) groups is 5. The molecule has 0 bridgehead atoms. The van der Waals surface area contributed by atoms with Gasteiger partial charge in [-0.2, -0.15) is 0 Å². The van der Waals surface area contributed by atoms with E-state index in [2.05, 4.69) is 40.5 Å². The number of primary amides is 1. The minimum atomic E-state index is -1.42. The highest BCUT2D eigenvalue weighted by molar-refractivity contribution is 14.1. The fraction of sp³-hybridized carbons (Fsp3) is 0.0645. The van der Waals surface area contributed by atoms with Crippen LogP contribution in [0.1, 0.15) is 43.4 Å². The number of aliphatic carboxylic acids is 1. The van der Waals surface area contributed by atoms with Crippen LogP contribution < -0.4 is 11.1 Å². The van der Waals surface area contributed by atoms with Crippen molar-refractivity contribution in [3.8, 4) is 0 Å². The van der Waals surface area contributed by atoms with Crippen LogP contribution in [-0.2, 0) is 16.0 Å². The van der Waals surface area contributed by atoms with Crippen molar-refractivity contribution in [1.82, 2.24) is 5.32 Å². The Balaban J connectivity index is 0.000000256. The van der Waals surface area contributed by atoms with Gasteiger partial charge in [0, 0.05) is 9.13 Å². The number of urea groups is 1. The van der Waals surface area contributed by atoms with Crippen LogP contribution in [0, 0.1) is 3.57 Å². The molecular weight excluding hydrogens is 813 g/mol. The van der Waals surface area contributed by atoms with Crippen LogP contribution in [0.2, 0.25) is 20.1 Å². The van der Waals surface area contributed by atoms with Crippen LogP contribution >= 0.6 is 81.6 Å². The van der Waals surface area contributed by atoms with E-state index in [1.807, 2.05) is 30.3 Å². The van der Waals surface area contributed by atoms with E-state index in [9.17, 15) is 29.1 Å². The molecule has 0 saturated heterocycles. The number of halogens is 5. The van der Waals surface area contributed by atoms with Crippen molar-refractivity contribution < 1.29 is 34.2 Å². The number of aromatic carboxylic acids is 1. The average molecular weight is 836 g/mol. The van der Waals surface area contributed by atoms with Crippen LogP contribution in [-0.4, -0.2) is 39.1 Å². The smallest absolute Gasteiger partial charge is 0.338 e. The maximum atomic E-state index is 12.5. The third-order valence-electron chi connectivity index (χ3n) is 5.65. The first kappa shape index (κ1) is 38.9. The summed E-state index contributed by atoms with van der Waals surface area (Å²) >= 11 is 29.5. The van der Waals surface area contributed by atoms with E-state index in [1.54, 1.807) is 42.5 Å². The Hall–Kier alpha value is -3.33. The molecule has 46 heavy (non-hydrogen) atoms. The lowest BCUT2D eigenvalue weighted by atomic mass is 9.98. The molecule has 9 nitrogen and oxygen atoms in total. The lowest BCUT2D eigenvalue weighted by Crippen LogP contribution is -2.35. The number of amides is 2. The quantitative estimate of drug-likeness (QED) is 0.0395. The van der Waals surface area contributed by atoms with Crippen LogP contribution in [0.3, 0.4) is 0 Å². The first-order chi connectivity index (χ1) is 21.6. The van der Waals surface area contributed by atoms with Gasteiger partial charge in [-0.05, 0) is 45.9 Å². The molecule has 0 heterocycles. The fourth-order valence-electron chi connectivity index (χ4n) is 3.68. The summed E-state index contributed by atoms with van der Waals surface area (Å²) in [5, 5.41) is 18.7. The van der Waals surface area contributed by atoms with Crippen molar-refractivity contribution in [1.29, 1.82) is 0 Å². The van der Waals surface area contributed by atoms with E-state index in [1.165, 1.54) is 12.1 Å². The van der Waals surface area contributed by atoms with Crippen LogP contribution in [0.5, 0.6) is 0 Å². The van der Waals surface area contributed by atoms with E-state index < -0.39 is 40.5 Å². The molecular formula is C31H23Cl4IN2O7S. The Morgan fingerprint density at radius 3 is 1.74 bits per heavy atom. The monoisotopic (exact) mass is 834 g/mol. The lowest BCUT2D eigenvalue weighted by molar-refractivity contribution is -0.136. The second kappa shape index (κ2) is 18.7. The zero-order valence-electron chi connectivity index (χ0n) is 23.2. The highest BCUT2D eigenvalue weighted by Gasteiger charge is 2.29. The molecule has 240 valence electrons. The lowest BCUT2D eigenvalue weighted by Gasteiger charge is -2.13. The summed E-state index contributed by atoms with van der Waals surface area (Å²) in [6, 6.07) is 22.8. The first-order valence-corrected chi connectivity index (χ1v) is 15.7. The van der Waals surface area contributed by atoms with Gasteiger partial charge < -0.3 is 21.3 Å². The van der Waals surface area contributed by atoms with E-state index in [-0.39, 0.29) is 37.6 Å². The van der Waals surface area contributed by atoms with E-state index >= 15 is 0 Å². The molecule has 15 heteroatoms. The molecule has 2 amide bonds. The number of carboxylic acids is 2. The molecule has 0 spiro atoms. The van der Waals surface area contributed by atoms with Crippen LogP contribution in [0.4, 0.5) is 4.79 Å². The summed E-state index contributed by atoms with van der Waals surface area (Å²) < 4.78 is 1.07. The summed E-state index contributed by atoms with van der Waals surface area (Å²) in [6.07, 6.45) is 0.108. The third kappa shape index (κ3) is 11.5. The number of nitrogens with two attached hydrogens (primary N) is 1. The summed E-state index contributed by atoms with van der Waals surface area (Å²) in [5.41, 5.74) is 5.95. The van der Waals surface area contributed by atoms with E-state index in [0.29, 0.717) is 5.56 Å². The van der Waals surface area contributed by atoms with Gasteiger partial charge in [-0.1, -0.05) is 119 Å². The predicted molar refractivity (Wildman–Crippen MR) is 190 cm³/mol. The van der Waals surface area contributed by atoms with Gasteiger partial charge in [0.05, 0.1) is 37.6 Å². The number of benzene rings is 4. The van der Waals surface area contributed by atoms with Crippen LogP contribution in [0.15, 0.2) is 84.9 Å². The predicted octanol–water partition coefficient (Wildman–Crippen LogP) is 8.00. The zero-order chi connectivity index (χ0) is 34.6. The summed E-state index contributed by atoms with van der Waals surface area (Å²) in [5.74, 6) is -2.80. The number of ketones is 1. The summed E-state index contributed by atoms with van der Waals surface area (Å²) in [4.78, 5) is 55.9. The fourth-order valence-corrected chi connectivity index (χ4v) is 5.52. The Morgan fingerprint density at radius 1 is 0.761 bits per heavy atom. The molecule has 0 fully saturated rings. The van der Waals surface area contributed by atoms with Crippen molar-refractivity contribution in [3.05, 3.63) is 136 Å². The average Bonchev–Trinajstić information content (AvgIpc) is 3.01. The minimum Gasteiger partial charge on any atom is -0.481 e. The molecule has 0 aliphatic heterocycles. The van der Waals surface area contributed by atoms with Crippen molar-refractivity contribution in [2.24, 2.45) is 5.73 Å². The van der Waals surface area contributed by atoms with Gasteiger partial charge in [0.15, 0.2) is 5.78 Å². The molecule has 4 rings (SSSR count). The Kier molecular flexibility index (Phi) is 15.8. The molecule has 0 aliphatic carbocycles. The van der Waals surface area contributed by atoms with E-state index in [4.69, 9.17) is 57.2 Å². The molecule has 4 aromatic rings. The van der Waals surface area contributed by atoms with Gasteiger partial charge in [-0.25, -0.2) is 9.59 Å². The minimum absolute atomic E-state index is 0.108. The topological polar surface area (TPSA) is 164 Å². The van der Waals surface area contributed by atoms with Crippen molar-refractivity contribution in [2.75, 3.05) is 0 Å². The molecule has 5 N–H and O–H groups in total. The normalized spacial score (nSPS) is 10.7. The molecule has 1 atom stereocenters. The summed E-state index contributed by atoms with van der Waals surface area (Å²) in [6.45, 7) is 0. The molecule has 4 aromatic carbocycles. The highest BCUT2D eigenvalue weighted by Crippen LogP contribution is 2.42. The standard InChI is InChI=1S/C14H6Cl4O3.C9H10N2O2S.C8H7IO2/c15-9-7(13(19)6-4-2-1-3-5-6)8(14(20)21)10(16)12(18)11(9)17;10-9(13)11-7(8(12)14)6-4-2-1-3-5-6;9-7-3-1-2-6(4-7)5-8(10)11/h1-5H,(H,20,21);1-5,7H,(H,12,14)(H3,10,11,13);1-4H,5H2,(H,10,11). The number of carbonyl (C=O) groups excluding carboxylic acids is 3. The zero-order valence-corrected chi connectivity index (χ0v) is 29.3. The number of hydrogen-bond acceptors (Lipinski definition) is 5. The maximum Gasteiger partial charge on any atom is 0.338 e. The van der Waals surface area contributed by atoms with Crippen LogP contribution in [0.25, 0.3) is 0 Å². The molecule has 0 aromatic heterocycles. The molecule has 0 radical (unpaired) electrons. The van der Waals surface area contributed by atoms with Gasteiger partial charge >= 0.3 is 18.0 Å².